The molecule has 1 saturated heterocycles. The van der Waals surface area contributed by atoms with Gasteiger partial charge in [-0.3, -0.25) is 9.69 Å². The Balaban J connectivity index is 1.09. The van der Waals surface area contributed by atoms with Crippen LogP contribution in [0.25, 0.3) is 0 Å². The van der Waals surface area contributed by atoms with Crippen LogP contribution < -0.4 is 10.1 Å². The molecular formula is C31H43N3O5. The topological polar surface area (TPSA) is 93.2 Å². The van der Waals surface area contributed by atoms with Gasteiger partial charge in [-0.05, 0) is 80.7 Å². The van der Waals surface area contributed by atoms with E-state index >= 15 is 0 Å². The first kappa shape index (κ1) is 27.9. The molecule has 0 spiro atoms. The van der Waals surface area contributed by atoms with Crippen molar-refractivity contribution in [3.05, 3.63) is 52.7 Å². The summed E-state index contributed by atoms with van der Waals surface area (Å²) in [6.07, 6.45) is 10.2. The van der Waals surface area contributed by atoms with Crippen molar-refractivity contribution in [1.29, 1.82) is 0 Å². The minimum absolute atomic E-state index is 0.0534. The molecule has 8 nitrogen and oxygen atoms in total. The van der Waals surface area contributed by atoms with Gasteiger partial charge in [0.25, 0.3) is 0 Å². The van der Waals surface area contributed by atoms with Crippen LogP contribution in [0.2, 0.25) is 0 Å². The highest BCUT2D eigenvalue weighted by molar-refractivity contribution is 5.77. The van der Waals surface area contributed by atoms with Gasteiger partial charge in [0.2, 0.25) is 0 Å². The smallest absolute Gasteiger partial charge is 0.325 e. The number of methoxy groups -OCH3 is 2. The minimum atomic E-state index is -0.857. The van der Waals surface area contributed by atoms with Crippen molar-refractivity contribution >= 4 is 11.8 Å². The summed E-state index contributed by atoms with van der Waals surface area (Å²) in [4.78, 5) is 19.3. The van der Waals surface area contributed by atoms with Gasteiger partial charge in [-0.15, -0.1) is 0 Å². The van der Waals surface area contributed by atoms with Gasteiger partial charge in [0.05, 0.1) is 18.8 Å². The molecule has 1 aromatic carbocycles. The van der Waals surface area contributed by atoms with Crippen molar-refractivity contribution < 1.29 is 24.1 Å². The fraction of sp³-hybridized carbons (Fsp3) is 0.613. The van der Waals surface area contributed by atoms with Gasteiger partial charge < -0.3 is 24.6 Å². The third-order valence-corrected chi connectivity index (χ3v) is 8.51. The van der Waals surface area contributed by atoms with Crippen LogP contribution >= 0.6 is 0 Å². The summed E-state index contributed by atoms with van der Waals surface area (Å²) in [6, 6.07) is 9.54. The number of carboxylic acid groups (broad SMARTS) is 1. The summed E-state index contributed by atoms with van der Waals surface area (Å²) < 4.78 is 17.5. The number of carboxylic acids is 1. The molecule has 0 radical (unpaired) electrons. The Kier molecular flexibility index (Phi) is 9.05. The molecule has 8 heteroatoms. The number of likely N-dealkylation sites (tertiary alicyclic amines) is 1. The zero-order valence-electron chi connectivity index (χ0n) is 23.4. The lowest BCUT2D eigenvalue weighted by atomic mass is 9.98. The van der Waals surface area contributed by atoms with E-state index in [4.69, 9.17) is 19.2 Å². The van der Waals surface area contributed by atoms with Gasteiger partial charge in [-0.2, -0.15) is 0 Å². The van der Waals surface area contributed by atoms with E-state index in [2.05, 4.69) is 17.4 Å². The van der Waals surface area contributed by atoms with E-state index in [1.54, 1.807) is 14.2 Å². The number of hydrogen-bond acceptors (Lipinski definition) is 7. The second kappa shape index (κ2) is 12.7. The molecular weight excluding hydrogens is 494 g/mol. The molecule has 0 unspecified atom stereocenters. The normalized spacial score (nSPS) is 20.7. The van der Waals surface area contributed by atoms with Gasteiger partial charge in [0, 0.05) is 51.0 Å². The first-order valence-corrected chi connectivity index (χ1v) is 14.5. The molecule has 0 bridgehead atoms. The Morgan fingerprint density at radius 2 is 2.08 bits per heavy atom. The van der Waals surface area contributed by atoms with Crippen LogP contribution in [0.1, 0.15) is 73.4 Å². The number of carbonyl (C=O) groups is 1. The third-order valence-electron chi connectivity index (χ3n) is 8.51. The fourth-order valence-electron chi connectivity index (χ4n) is 6.03. The number of ether oxygens (including phenoxy) is 3. The van der Waals surface area contributed by atoms with E-state index in [1.165, 1.54) is 12.0 Å². The molecule has 3 heterocycles. The predicted octanol–water partition coefficient (Wildman–Crippen LogP) is 4.80. The van der Waals surface area contributed by atoms with E-state index in [0.717, 1.165) is 81.4 Å². The number of hydrogen-bond donors (Lipinski definition) is 2. The van der Waals surface area contributed by atoms with E-state index in [0.29, 0.717) is 31.0 Å². The van der Waals surface area contributed by atoms with Crippen molar-refractivity contribution in [3.63, 3.8) is 0 Å². The summed E-state index contributed by atoms with van der Waals surface area (Å²) in [7, 11) is 3.36. The van der Waals surface area contributed by atoms with Crippen molar-refractivity contribution in [2.45, 2.75) is 82.0 Å². The molecule has 39 heavy (non-hydrogen) atoms. The van der Waals surface area contributed by atoms with Gasteiger partial charge in [-0.1, -0.05) is 18.6 Å². The molecule has 2 aliphatic heterocycles. The van der Waals surface area contributed by atoms with Crippen LogP contribution in [0.4, 0.5) is 5.82 Å². The van der Waals surface area contributed by atoms with Crippen molar-refractivity contribution in [2.24, 2.45) is 0 Å². The number of aliphatic carboxylic acids is 1. The van der Waals surface area contributed by atoms with E-state index in [1.807, 2.05) is 23.1 Å². The van der Waals surface area contributed by atoms with E-state index < -0.39 is 12.0 Å². The second-order valence-corrected chi connectivity index (χ2v) is 11.3. The number of fused-ring (bicyclic) bond motifs is 1. The number of unbranched alkanes of at least 4 members (excludes halogenated alkanes) is 2. The second-order valence-electron chi connectivity index (χ2n) is 11.3. The lowest BCUT2D eigenvalue weighted by Gasteiger charge is -2.27. The summed E-state index contributed by atoms with van der Waals surface area (Å²) >= 11 is 0. The highest BCUT2D eigenvalue weighted by atomic mass is 16.5. The first-order chi connectivity index (χ1) is 19.0. The zero-order chi connectivity index (χ0) is 27.2. The Morgan fingerprint density at radius 3 is 2.85 bits per heavy atom. The molecule has 2 fully saturated rings. The maximum atomic E-state index is 12.5. The zero-order valence-corrected chi connectivity index (χ0v) is 23.4. The maximum Gasteiger partial charge on any atom is 0.325 e. The van der Waals surface area contributed by atoms with E-state index in [-0.39, 0.29) is 11.7 Å². The molecule has 2 N–H and O–H groups in total. The van der Waals surface area contributed by atoms with Crippen LogP contribution in [0, 0.1) is 0 Å². The van der Waals surface area contributed by atoms with Gasteiger partial charge in [0.15, 0.2) is 0 Å². The molecule has 1 aliphatic carbocycles. The van der Waals surface area contributed by atoms with Crippen LogP contribution in [0.3, 0.4) is 0 Å². The first-order valence-electron chi connectivity index (χ1n) is 14.5. The number of benzene rings is 1. The summed E-state index contributed by atoms with van der Waals surface area (Å²) in [6.45, 7) is 3.02. The molecule has 5 rings (SSSR count). The number of rotatable bonds is 14. The van der Waals surface area contributed by atoms with Crippen LogP contribution in [-0.4, -0.2) is 73.1 Å². The van der Waals surface area contributed by atoms with E-state index in [9.17, 15) is 9.90 Å². The average molecular weight is 538 g/mol. The molecule has 1 saturated carbocycles. The van der Waals surface area contributed by atoms with Crippen molar-refractivity contribution in [3.8, 4) is 5.75 Å². The van der Waals surface area contributed by atoms with Crippen molar-refractivity contribution in [1.82, 2.24) is 9.88 Å². The number of aryl methyl sites for hydroxylation is 2. The van der Waals surface area contributed by atoms with Crippen molar-refractivity contribution in [2.75, 3.05) is 45.8 Å². The molecule has 2 atom stereocenters. The van der Waals surface area contributed by atoms with Gasteiger partial charge in [-0.25, -0.2) is 4.98 Å². The van der Waals surface area contributed by atoms with Crippen LogP contribution in [0.5, 0.6) is 5.75 Å². The number of nitrogens with one attached hydrogen (secondary N) is 1. The fourth-order valence-corrected chi connectivity index (χ4v) is 6.03. The van der Waals surface area contributed by atoms with Crippen LogP contribution in [-0.2, 0) is 33.5 Å². The summed E-state index contributed by atoms with van der Waals surface area (Å²) in [5.41, 5.74) is 4.19. The Bertz CT molecular complexity index is 1140. The highest BCUT2D eigenvalue weighted by Gasteiger charge is 2.43. The van der Waals surface area contributed by atoms with Gasteiger partial charge >= 0.3 is 5.97 Å². The molecule has 2 aromatic rings. The average Bonchev–Trinajstić information content (AvgIpc) is 3.57. The monoisotopic (exact) mass is 537 g/mol. The SMILES string of the molecule is COc1ccc(CC2(OC)CC2)cc1[C@@H](C(=O)O)N1CC[C@@H](OCCCCCc2ccc3c(n2)NCCC3)C1. The standard InChI is InChI=1S/C31H43N3O5/c1-37-27-12-9-22(20-31(38-2)14-15-31)19-26(27)28(30(35)36)34-17-13-25(21-34)39-18-5-3-4-8-24-11-10-23-7-6-16-32-29(23)33-24/h9-12,19,25,28H,3-8,13-18,20-21H2,1-2H3,(H,32,33)(H,35,36)/t25-,28+/m1/s1. The highest BCUT2D eigenvalue weighted by Crippen LogP contribution is 2.43. The number of anilines is 1. The minimum Gasteiger partial charge on any atom is -0.496 e. The number of aromatic nitrogens is 1. The maximum absolute atomic E-state index is 12.5. The molecule has 3 aliphatic rings. The number of pyridine rings is 1. The van der Waals surface area contributed by atoms with Crippen LogP contribution in [0.15, 0.2) is 30.3 Å². The lowest BCUT2D eigenvalue weighted by Crippen LogP contribution is -2.34. The Morgan fingerprint density at radius 1 is 1.21 bits per heavy atom. The molecule has 1 aromatic heterocycles. The lowest BCUT2D eigenvalue weighted by molar-refractivity contribution is -0.143. The summed E-state index contributed by atoms with van der Waals surface area (Å²) in [5, 5.41) is 13.6. The number of nitrogens with zero attached hydrogens (tertiary/aromatic N) is 2. The third kappa shape index (κ3) is 6.91. The Hall–Kier alpha value is -2.68. The Labute approximate surface area is 232 Å². The largest absolute Gasteiger partial charge is 0.496 e. The van der Waals surface area contributed by atoms with Gasteiger partial charge in [0.1, 0.15) is 17.6 Å². The molecule has 212 valence electrons. The summed E-state index contributed by atoms with van der Waals surface area (Å²) in [5.74, 6) is 0.825. The molecule has 0 amide bonds. The predicted molar refractivity (Wildman–Crippen MR) is 151 cm³/mol. The quantitative estimate of drug-likeness (QED) is 0.332.